The van der Waals surface area contributed by atoms with Crippen molar-refractivity contribution in [3.63, 3.8) is 0 Å². The van der Waals surface area contributed by atoms with E-state index in [1.165, 1.54) is 65.3 Å². The van der Waals surface area contributed by atoms with Crippen LogP contribution >= 0.6 is 11.8 Å². The van der Waals surface area contributed by atoms with Crippen molar-refractivity contribution in [1.29, 1.82) is 0 Å². The van der Waals surface area contributed by atoms with Crippen LogP contribution in [0.15, 0.2) is 143 Å². The number of halogens is 2. The van der Waals surface area contributed by atoms with Crippen molar-refractivity contribution in [2.75, 3.05) is 4.90 Å². The van der Waals surface area contributed by atoms with Crippen molar-refractivity contribution >= 4 is 50.5 Å². The van der Waals surface area contributed by atoms with Gasteiger partial charge < -0.3 is 34.3 Å². The van der Waals surface area contributed by atoms with Crippen molar-refractivity contribution in [3.8, 4) is 5.69 Å². The van der Waals surface area contributed by atoms with Crippen LogP contribution in [-0.2, 0) is 26.2 Å². The first-order valence-corrected chi connectivity index (χ1v) is 14.1. The fourth-order valence-electron chi connectivity index (χ4n) is 5.50. The molecule has 0 radical (unpaired) electrons. The summed E-state index contributed by atoms with van der Waals surface area (Å²) in [6.45, 7) is 4.27. The normalized spacial score (nSPS) is 11.3. The molecule has 0 fully saturated rings. The third kappa shape index (κ3) is 5.92. The molecule has 0 amide bonds. The van der Waals surface area contributed by atoms with Gasteiger partial charge >= 0.3 is 26.2 Å². The van der Waals surface area contributed by atoms with Crippen LogP contribution in [-0.4, -0.2) is 4.57 Å². The summed E-state index contributed by atoms with van der Waals surface area (Å²) in [7, 11) is 0. The predicted molar refractivity (Wildman–Crippen MR) is 167 cm³/mol. The van der Waals surface area contributed by atoms with Gasteiger partial charge in [-0.1, -0.05) is 68.1 Å². The molecular weight excluding hydrogens is 655 g/mol. The summed E-state index contributed by atoms with van der Waals surface area (Å²) in [4.78, 5) is 5.01. The second-order valence-electron chi connectivity index (χ2n) is 10.1. The predicted octanol–water partition coefficient (Wildman–Crippen LogP) is 4.46. The summed E-state index contributed by atoms with van der Waals surface area (Å²) in [6, 6.07) is 45.7. The summed E-state index contributed by atoms with van der Waals surface area (Å²) in [5.74, 6) is 0. The van der Waals surface area contributed by atoms with Crippen LogP contribution in [0, 0.1) is 13.8 Å². The van der Waals surface area contributed by atoms with Crippen molar-refractivity contribution in [3.05, 3.63) is 145 Å². The van der Waals surface area contributed by atoms with Gasteiger partial charge in [-0.15, -0.1) is 28.5 Å². The fourth-order valence-corrected chi connectivity index (χ4v) is 6.56. The average molecular weight is 683 g/mol. The van der Waals surface area contributed by atoms with E-state index in [0.29, 0.717) is 0 Å². The van der Waals surface area contributed by atoms with E-state index in [0.717, 1.165) is 0 Å². The van der Waals surface area contributed by atoms with Gasteiger partial charge in [-0.25, -0.2) is 12.1 Å². The standard InChI is InChI=1S/C30H21N2S.C6H7.2ClH.Zr/c1-20-16-22-18-23(31-15-14-21-8-2-3-9-25(21)31)19-28(24(22)17-20)32-26-10-4-6-12-29(26)33-30-13-7-5-11-27(30)32;1-6-4-2-3-5-6;;;/h2-19H,1H3;2-5H,1H3;2*1H;/q2*-1;;;+4/p-2. The molecule has 2 nitrogen and oxygen atoms in total. The third-order valence-electron chi connectivity index (χ3n) is 7.31. The summed E-state index contributed by atoms with van der Waals surface area (Å²) in [6.07, 6.45) is 2.18. The molecule has 0 aliphatic carbocycles. The van der Waals surface area contributed by atoms with Crippen molar-refractivity contribution in [2.45, 2.75) is 23.6 Å². The molecule has 0 saturated carbocycles. The average Bonchev–Trinajstić information content (AvgIpc) is 3.71. The van der Waals surface area contributed by atoms with E-state index in [9.17, 15) is 0 Å². The van der Waals surface area contributed by atoms with Gasteiger partial charge in [0.15, 0.2) is 0 Å². The Bertz CT molecular complexity index is 1890. The zero-order chi connectivity index (χ0) is 26.3. The van der Waals surface area contributed by atoms with Crippen LogP contribution in [0.2, 0.25) is 0 Å². The Labute approximate surface area is 283 Å². The Hall–Kier alpha value is -3.01. The molecule has 1 aromatic heterocycles. The largest absolute Gasteiger partial charge is 4.00 e. The number of aromatic nitrogens is 1. The van der Waals surface area contributed by atoms with Crippen LogP contribution in [0.25, 0.3) is 27.4 Å². The van der Waals surface area contributed by atoms with Crippen LogP contribution in [0.5, 0.6) is 0 Å². The molecule has 6 aromatic carbocycles. The number of anilines is 3. The van der Waals surface area contributed by atoms with Gasteiger partial charge in [0.25, 0.3) is 0 Å². The molecule has 7 aromatic rings. The Kier molecular flexibility index (Phi) is 10.3. The molecule has 0 bridgehead atoms. The Balaban J connectivity index is 0.000000405. The maximum absolute atomic E-state index is 2.44. The summed E-state index contributed by atoms with van der Waals surface area (Å²) in [5.41, 5.74) is 8.71. The second-order valence-corrected chi connectivity index (χ2v) is 11.2. The molecule has 0 N–H and O–H groups in total. The zero-order valence-electron chi connectivity index (χ0n) is 23.3. The number of aryl methyl sites for hydroxylation is 2. The molecule has 2 heterocycles. The Morgan fingerprint density at radius 1 is 0.690 bits per heavy atom. The molecular formula is C36H28Cl2N2SZr. The van der Waals surface area contributed by atoms with Gasteiger partial charge in [0.2, 0.25) is 0 Å². The minimum absolute atomic E-state index is 0. The molecule has 6 heteroatoms. The minimum Gasteiger partial charge on any atom is -1.00 e. The van der Waals surface area contributed by atoms with E-state index >= 15 is 0 Å². The smallest absolute Gasteiger partial charge is 1.00 e. The number of para-hydroxylation sites is 3. The van der Waals surface area contributed by atoms with Crippen molar-refractivity contribution in [2.24, 2.45) is 0 Å². The molecule has 0 saturated heterocycles. The van der Waals surface area contributed by atoms with E-state index in [-0.39, 0.29) is 51.0 Å². The fraction of sp³-hybridized carbons (Fsp3) is 0.0556. The van der Waals surface area contributed by atoms with Crippen molar-refractivity contribution < 1.29 is 51.0 Å². The number of nitrogens with zero attached hydrogens (tertiary/aromatic N) is 2. The monoisotopic (exact) mass is 680 g/mol. The van der Waals surface area contributed by atoms with Crippen molar-refractivity contribution in [1.82, 2.24) is 4.57 Å². The second kappa shape index (κ2) is 13.5. The van der Waals surface area contributed by atoms with E-state index in [1.54, 1.807) is 0 Å². The van der Waals surface area contributed by atoms with Gasteiger partial charge in [0.1, 0.15) is 0 Å². The zero-order valence-corrected chi connectivity index (χ0v) is 28.0. The van der Waals surface area contributed by atoms with E-state index < -0.39 is 0 Å². The maximum atomic E-state index is 2.44. The van der Waals surface area contributed by atoms with E-state index in [2.05, 4.69) is 145 Å². The van der Waals surface area contributed by atoms with Gasteiger partial charge in [0, 0.05) is 27.4 Å². The number of hydrogen-bond acceptors (Lipinski definition) is 2. The molecule has 0 atom stereocenters. The Morgan fingerprint density at radius 3 is 1.95 bits per heavy atom. The number of rotatable bonds is 2. The molecule has 0 unspecified atom stereocenters. The molecule has 0 spiro atoms. The molecule has 1 aliphatic heterocycles. The SMILES string of the molecule is C[c-]1cccc1.Cc1cc2c(N3c4ccccc4Sc4ccccc43)cc(-n3ccc4ccccc43)cc2[cH-]1.[Cl-].[Cl-].[Zr+4]. The molecule has 42 heavy (non-hydrogen) atoms. The van der Waals surface area contributed by atoms with Crippen LogP contribution in [0.1, 0.15) is 11.1 Å². The van der Waals surface area contributed by atoms with Gasteiger partial charge in [0.05, 0.1) is 16.9 Å². The molecule has 1 aliphatic rings. The summed E-state index contributed by atoms with van der Waals surface area (Å²) in [5, 5.41) is 3.80. The number of fused-ring (bicyclic) bond motifs is 4. The van der Waals surface area contributed by atoms with Crippen LogP contribution < -0.4 is 29.7 Å². The van der Waals surface area contributed by atoms with Gasteiger partial charge in [-0.05, 0) is 47.9 Å². The van der Waals surface area contributed by atoms with E-state index in [4.69, 9.17) is 0 Å². The number of hydrogen-bond donors (Lipinski definition) is 0. The summed E-state index contributed by atoms with van der Waals surface area (Å²) >= 11 is 1.85. The van der Waals surface area contributed by atoms with E-state index in [1.807, 2.05) is 23.9 Å². The number of benzene rings is 4. The van der Waals surface area contributed by atoms with Gasteiger partial charge in [-0.2, -0.15) is 23.8 Å². The quantitative estimate of drug-likeness (QED) is 0.249. The molecule has 206 valence electrons. The first-order chi connectivity index (χ1) is 19.2. The molecule has 8 rings (SSSR count). The van der Waals surface area contributed by atoms with Crippen LogP contribution in [0.3, 0.4) is 0 Å². The minimum atomic E-state index is 0. The van der Waals surface area contributed by atoms with Gasteiger partial charge in [-0.3, -0.25) is 0 Å². The summed E-state index contributed by atoms with van der Waals surface area (Å²) < 4.78 is 2.30. The topological polar surface area (TPSA) is 8.17 Å². The Morgan fingerprint density at radius 2 is 1.31 bits per heavy atom. The third-order valence-corrected chi connectivity index (χ3v) is 8.44. The first-order valence-electron chi connectivity index (χ1n) is 13.3. The first kappa shape index (κ1) is 31.9. The maximum Gasteiger partial charge on any atom is 4.00 e. The van der Waals surface area contributed by atoms with Crippen LogP contribution in [0.4, 0.5) is 17.1 Å².